The molecule has 0 aliphatic heterocycles. The Morgan fingerprint density at radius 2 is 2.26 bits per heavy atom. The van der Waals surface area contributed by atoms with Gasteiger partial charge in [-0.2, -0.15) is 10.4 Å². The molecule has 5 heteroatoms. The first-order valence-electron chi connectivity index (χ1n) is 6.30. The van der Waals surface area contributed by atoms with Crippen LogP contribution in [0.1, 0.15) is 30.3 Å². The van der Waals surface area contributed by atoms with Crippen molar-refractivity contribution in [2.24, 2.45) is 5.92 Å². The zero-order chi connectivity index (χ0) is 13.2. The summed E-state index contributed by atoms with van der Waals surface area (Å²) in [4.78, 5) is 4.32. The Labute approximate surface area is 120 Å². The fourth-order valence-corrected chi connectivity index (χ4v) is 2.85. The molecule has 1 aliphatic rings. The van der Waals surface area contributed by atoms with E-state index in [4.69, 9.17) is 5.26 Å². The fourth-order valence-electron chi connectivity index (χ4n) is 2.55. The highest BCUT2D eigenvalue weighted by Gasteiger charge is 2.31. The quantitative estimate of drug-likeness (QED) is 0.874. The highest BCUT2D eigenvalue weighted by molar-refractivity contribution is 9.10. The number of nitriles is 1. The minimum absolute atomic E-state index is 0.504. The van der Waals surface area contributed by atoms with Gasteiger partial charge < -0.3 is 0 Å². The van der Waals surface area contributed by atoms with Gasteiger partial charge in [0.05, 0.1) is 16.7 Å². The van der Waals surface area contributed by atoms with Crippen LogP contribution in [0.4, 0.5) is 0 Å². The van der Waals surface area contributed by atoms with E-state index < -0.39 is 0 Å². The van der Waals surface area contributed by atoms with Crippen LogP contribution >= 0.6 is 15.9 Å². The van der Waals surface area contributed by atoms with Crippen LogP contribution in [0.15, 0.2) is 35.1 Å². The summed E-state index contributed by atoms with van der Waals surface area (Å²) < 4.78 is 3.05. The molecular formula is C14H13BrN4. The molecule has 0 unspecified atom stereocenters. The Bertz CT molecular complexity index is 622. The van der Waals surface area contributed by atoms with Crippen molar-refractivity contribution in [3.8, 4) is 6.07 Å². The lowest BCUT2D eigenvalue weighted by Gasteiger charge is -2.35. The minimum Gasteiger partial charge on any atom is -0.269 e. The van der Waals surface area contributed by atoms with E-state index in [0.717, 1.165) is 29.4 Å². The van der Waals surface area contributed by atoms with Gasteiger partial charge in [0.2, 0.25) is 0 Å². The Morgan fingerprint density at radius 1 is 1.42 bits per heavy atom. The second-order valence-corrected chi connectivity index (χ2v) is 5.88. The second-order valence-electron chi connectivity index (χ2n) is 4.96. The number of pyridine rings is 1. The van der Waals surface area contributed by atoms with E-state index in [-0.39, 0.29) is 0 Å². The van der Waals surface area contributed by atoms with Gasteiger partial charge in [-0.1, -0.05) is 6.07 Å². The van der Waals surface area contributed by atoms with E-state index in [2.05, 4.69) is 32.1 Å². The van der Waals surface area contributed by atoms with E-state index in [1.807, 2.05) is 29.2 Å². The van der Waals surface area contributed by atoms with Gasteiger partial charge in [0.15, 0.2) is 0 Å². The van der Waals surface area contributed by atoms with Crippen LogP contribution in [0.25, 0.3) is 0 Å². The first-order valence-corrected chi connectivity index (χ1v) is 7.09. The van der Waals surface area contributed by atoms with Crippen molar-refractivity contribution in [2.45, 2.75) is 25.3 Å². The maximum atomic E-state index is 8.83. The first kappa shape index (κ1) is 12.4. The maximum absolute atomic E-state index is 8.83. The van der Waals surface area contributed by atoms with Crippen molar-refractivity contribution in [2.75, 3.05) is 0 Å². The SMILES string of the molecule is N#Cc1cccc(CC2CC(n3cc(Br)cn3)C2)n1. The van der Waals surface area contributed by atoms with Crippen LogP contribution in [-0.4, -0.2) is 14.8 Å². The Balaban J connectivity index is 1.58. The molecule has 0 radical (unpaired) electrons. The topological polar surface area (TPSA) is 54.5 Å². The summed E-state index contributed by atoms with van der Waals surface area (Å²) in [5.74, 6) is 0.648. The summed E-state index contributed by atoms with van der Waals surface area (Å²) in [6, 6.07) is 8.24. The monoisotopic (exact) mass is 316 g/mol. The third-order valence-electron chi connectivity index (χ3n) is 3.57. The van der Waals surface area contributed by atoms with Crippen molar-refractivity contribution in [1.29, 1.82) is 5.26 Å². The normalized spacial score (nSPS) is 21.7. The summed E-state index contributed by atoms with van der Waals surface area (Å²) in [5, 5.41) is 13.1. The van der Waals surface area contributed by atoms with E-state index in [9.17, 15) is 0 Å². The Hall–Kier alpha value is -1.67. The minimum atomic E-state index is 0.504. The lowest BCUT2D eigenvalue weighted by Crippen LogP contribution is -2.28. The highest BCUT2D eigenvalue weighted by Crippen LogP contribution is 2.39. The van der Waals surface area contributed by atoms with Gasteiger partial charge in [-0.25, -0.2) is 4.98 Å². The fraction of sp³-hybridized carbons (Fsp3) is 0.357. The predicted octanol–water partition coefficient (Wildman–Crippen LogP) is 3.11. The lowest BCUT2D eigenvalue weighted by atomic mass is 9.77. The van der Waals surface area contributed by atoms with Gasteiger partial charge in [-0.15, -0.1) is 0 Å². The number of hydrogen-bond acceptors (Lipinski definition) is 3. The van der Waals surface area contributed by atoms with Crippen LogP contribution in [0.5, 0.6) is 0 Å². The summed E-state index contributed by atoms with van der Waals surface area (Å²) in [7, 11) is 0. The molecule has 19 heavy (non-hydrogen) atoms. The summed E-state index contributed by atoms with van der Waals surface area (Å²) >= 11 is 3.41. The number of rotatable bonds is 3. The number of aromatic nitrogens is 3. The zero-order valence-corrected chi connectivity index (χ0v) is 11.9. The van der Waals surface area contributed by atoms with Crippen molar-refractivity contribution >= 4 is 15.9 Å². The Morgan fingerprint density at radius 3 is 2.95 bits per heavy atom. The Kier molecular flexibility index (Phi) is 3.34. The molecule has 0 aromatic carbocycles. The molecule has 1 fully saturated rings. The van der Waals surface area contributed by atoms with Crippen molar-refractivity contribution in [3.05, 3.63) is 46.5 Å². The molecule has 0 bridgehead atoms. The molecule has 0 saturated heterocycles. The molecule has 1 saturated carbocycles. The van der Waals surface area contributed by atoms with Gasteiger partial charge in [-0.3, -0.25) is 4.68 Å². The smallest absolute Gasteiger partial charge is 0.140 e. The van der Waals surface area contributed by atoms with Gasteiger partial charge in [-0.05, 0) is 53.2 Å². The molecule has 2 heterocycles. The van der Waals surface area contributed by atoms with Gasteiger partial charge in [0.1, 0.15) is 11.8 Å². The summed E-state index contributed by atoms with van der Waals surface area (Å²) in [5.41, 5.74) is 1.52. The van der Waals surface area contributed by atoms with Gasteiger partial charge >= 0.3 is 0 Å². The van der Waals surface area contributed by atoms with Gasteiger partial charge in [0.25, 0.3) is 0 Å². The number of halogens is 1. The van der Waals surface area contributed by atoms with Crippen LogP contribution in [0.3, 0.4) is 0 Å². The lowest BCUT2D eigenvalue weighted by molar-refractivity contribution is 0.181. The number of hydrogen-bond donors (Lipinski definition) is 0. The van der Waals surface area contributed by atoms with Gasteiger partial charge in [0, 0.05) is 11.9 Å². The maximum Gasteiger partial charge on any atom is 0.140 e. The average Bonchev–Trinajstić information content (AvgIpc) is 2.80. The van der Waals surface area contributed by atoms with E-state index in [1.54, 1.807) is 6.07 Å². The van der Waals surface area contributed by atoms with Crippen LogP contribution in [0, 0.1) is 17.2 Å². The summed E-state index contributed by atoms with van der Waals surface area (Å²) in [6.07, 6.45) is 7.06. The molecule has 2 aromatic rings. The second kappa shape index (κ2) is 5.14. The van der Waals surface area contributed by atoms with E-state index in [0.29, 0.717) is 17.7 Å². The van der Waals surface area contributed by atoms with Crippen LogP contribution < -0.4 is 0 Å². The third kappa shape index (κ3) is 2.69. The zero-order valence-electron chi connectivity index (χ0n) is 10.3. The van der Waals surface area contributed by atoms with Crippen molar-refractivity contribution in [1.82, 2.24) is 14.8 Å². The molecular weight excluding hydrogens is 304 g/mol. The largest absolute Gasteiger partial charge is 0.269 e. The molecule has 0 spiro atoms. The van der Waals surface area contributed by atoms with Crippen molar-refractivity contribution < 1.29 is 0 Å². The molecule has 0 N–H and O–H groups in total. The molecule has 1 aliphatic carbocycles. The number of nitrogens with zero attached hydrogens (tertiary/aromatic N) is 4. The molecule has 2 aromatic heterocycles. The summed E-state index contributed by atoms with van der Waals surface area (Å²) in [6.45, 7) is 0. The molecule has 0 amide bonds. The standard InChI is InChI=1S/C14H13BrN4/c15-11-8-17-19(9-11)14-5-10(6-14)4-12-2-1-3-13(7-16)18-12/h1-3,8-10,14H,4-6H2. The molecule has 3 rings (SSSR count). The van der Waals surface area contributed by atoms with Crippen molar-refractivity contribution in [3.63, 3.8) is 0 Å². The van der Waals surface area contributed by atoms with E-state index in [1.165, 1.54) is 0 Å². The third-order valence-corrected chi connectivity index (χ3v) is 3.98. The molecule has 0 atom stereocenters. The predicted molar refractivity (Wildman–Crippen MR) is 74.3 cm³/mol. The molecule has 4 nitrogen and oxygen atoms in total. The highest BCUT2D eigenvalue weighted by atomic mass is 79.9. The van der Waals surface area contributed by atoms with Crippen LogP contribution in [0.2, 0.25) is 0 Å². The first-order chi connectivity index (χ1) is 9.24. The van der Waals surface area contributed by atoms with Crippen LogP contribution in [-0.2, 0) is 6.42 Å². The van der Waals surface area contributed by atoms with E-state index >= 15 is 0 Å². The average molecular weight is 317 g/mol. The molecule has 96 valence electrons.